The van der Waals surface area contributed by atoms with Gasteiger partial charge in [-0.1, -0.05) is 62.3 Å². The number of rotatable bonds is 4. The summed E-state index contributed by atoms with van der Waals surface area (Å²) in [5.74, 6) is -0.361. The lowest BCUT2D eigenvalue weighted by Gasteiger charge is -2.06. The lowest BCUT2D eigenvalue weighted by atomic mass is 10.3. The molecule has 0 atom stereocenters. The number of halogens is 5. The molecule has 92 valence electrons. The minimum Gasteiger partial charge on any atom is -0.290 e. The van der Waals surface area contributed by atoms with Crippen molar-refractivity contribution in [3.05, 3.63) is 27.2 Å². The average Bonchev–Trinajstić information content (AvgIpc) is 2.26. The summed E-state index contributed by atoms with van der Waals surface area (Å²) in [6.07, 6.45) is 0. The van der Waals surface area contributed by atoms with Crippen molar-refractivity contribution in [1.82, 2.24) is 0 Å². The molecule has 0 saturated heterocycles. The van der Waals surface area contributed by atoms with E-state index in [1.165, 1.54) is 12.1 Å². The third kappa shape index (κ3) is 4.30. The molecule has 0 saturated carbocycles. The normalized spacial score (nSPS) is 11.5. The Labute approximate surface area is 126 Å². The molecule has 1 N–H and O–H groups in total. The Bertz CT molecular complexity index is 455. The zero-order valence-corrected chi connectivity index (χ0v) is 12.7. The van der Waals surface area contributed by atoms with Gasteiger partial charge in [0.25, 0.3) is 0 Å². The van der Waals surface area contributed by atoms with Crippen molar-refractivity contribution in [2.24, 2.45) is 5.10 Å². The predicted molar refractivity (Wildman–Crippen MR) is 77.2 cm³/mol. The fraction of sp³-hybridized carbons (Fsp3) is 0.111. The number of Topliss-reactive ketones (excluding diaryl/α,β-unsaturated/α-hetero) is 1. The molecule has 0 spiro atoms. The minimum atomic E-state index is -0.361. The highest BCUT2D eigenvalue weighted by atomic mass is 79.9. The molecule has 0 unspecified atom stereocenters. The first-order valence-corrected chi connectivity index (χ1v) is 6.82. The van der Waals surface area contributed by atoms with E-state index in [1.807, 2.05) is 0 Å². The minimum absolute atomic E-state index is 0.0824. The van der Waals surface area contributed by atoms with Crippen LogP contribution >= 0.6 is 62.3 Å². The van der Waals surface area contributed by atoms with E-state index in [2.05, 4.69) is 26.5 Å². The van der Waals surface area contributed by atoms with Gasteiger partial charge in [0.15, 0.2) is 5.17 Å². The molecule has 0 amide bonds. The fourth-order valence-electron chi connectivity index (χ4n) is 0.871. The van der Waals surface area contributed by atoms with Crippen LogP contribution in [0.15, 0.2) is 17.2 Å². The molecular formula is C9H5BrCl4N2O. The fourth-order valence-corrected chi connectivity index (χ4v) is 2.31. The number of carbonyl (C=O) groups excluding carboxylic acids is 1. The molecule has 17 heavy (non-hydrogen) atoms. The van der Waals surface area contributed by atoms with Gasteiger partial charge in [0.2, 0.25) is 5.78 Å². The van der Waals surface area contributed by atoms with Crippen molar-refractivity contribution in [2.45, 2.75) is 0 Å². The Morgan fingerprint density at radius 1 is 1.29 bits per heavy atom. The van der Waals surface area contributed by atoms with Gasteiger partial charge in [-0.3, -0.25) is 10.2 Å². The van der Waals surface area contributed by atoms with Crippen molar-refractivity contribution in [1.29, 1.82) is 0 Å². The first-order chi connectivity index (χ1) is 7.95. The van der Waals surface area contributed by atoms with Gasteiger partial charge in [-0.2, -0.15) is 5.10 Å². The largest absolute Gasteiger partial charge is 0.290 e. The van der Waals surface area contributed by atoms with Crippen LogP contribution in [0.1, 0.15) is 0 Å². The molecule has 3 nitrogen and oxygen atoms in total. The molecule has 0 bridgehead atoms. The Hall–Kier alpha value is -0.000000000000000167. The number of nitrogens with one attached hydrogen (secondary N) is 1. The SMILES string of the molecule is O=C(CBr)C(Cl)=NNc1c(Cl)cc(Cl)cc1Cl. The van der Waals surface area contributed by atoms with Gasteiger partial charge in [-0.25, -0.2) is 0 Å². The number of benzene rings is 1. The molecule has 8 heteroatoms. The number of ketones is 1. The van der Waals surface area contributed by atoms with Crippen LogP contribution in [-0.4, -0.2) is 16.3 Å². The summed E-state index contributed by atoms with van der Waals surface area (Å²) in [6.45, 7) is 0. The van der Waals surface area contributed by atoms with E-state index in [9.17, 15) is 4.79 Å². The number of carbonyl (C=O) groups is 1. The van der Waals surface area contributed by atoms with Crippen LogP contribution in [0.25, 0.3) is 0 Å². The van der Waals surface area contributed by atoms with Gasteiger partial charge in [-0.15, -0.1) is 0 Å². The molecule has 0 fully saturated rings. The Morgan fingerprint density at radius 3 is 2.29 bits per heavy atom. The van der Waals surface area contributed by atoms with Crippen LogP contribution in [0.2, 0.25) is 15.1 Å². The monoisotopic (exact) mass is 376 g/mol. The number of hydrogen-bond acceptors (Lipinski definition) is 3. The predicted octanol–water partition coefficient (Wildman–Crippen LogP) is 4.58. The van der Waals surface area contributed by atoms with Crippen molar-refractivity contribution in [2.75, 3.05) is 10.8 Å². The highest BCUT2D eigenvalue weighted by Gasteiger charge is 2.09. The first kappa shape index (κ1) is 15.1. The van der Waals surface area contributed by atoms with E-state index >= 15 is 0 Å². The number of hydrogen-bond donors (Lipinski definition) is 1. The maximum atomic E-state index is 11.1. The molecular weight excluding hydrogens is 374 g/mol. The zero-order chi connectivity index (χ0) is 13.0. The molecule has 1 aromatic carbocycles. The van der Waals surface area contributed by atoms with Crippen molar-refractivity contribution < 1.29 is 4.79 Å². The maximum Gasteiger partial charge on any atom is 0.205 e. The van der Waals surface area contributed by atoms with Crippen LogP contribution in [0.3, 0.4) is 0 Å². The summed E-state index contributed by atoms with van der Waals surface area (Å²) < 4.78 is 0. The van der Waals surface area contributed by atoms with Crippen LogP contribution in [0.4, 0.5) is 5.69 Å². The molecule has 0 aliphatic rings. The Balaban J connectivity index is 2.93. The van der Waals surface area contributed by atoms with Crippen LogP contribution in [-0.2, 0) is 4.79 Å². The molecule has 1 rings (SSSR count). The van der Waals surface area contributed by atoms with Crippen molar-refractivity contribution in [3.63, 3.8) is 0 Å². The third-order valence-electron chi connectivity index (χ3n) is 1.62. The molecule has 0 aliphatic carbocycles. The highest BCUT2D eigenvalue weighted by molar-refractivity contribution is 9.09. The van der Waals surface area contributed by atoms with Gasteiger partial charge in [-0.05, 0) is 12.1 Å². The molecule has 0 aromatic heterocycles. The first-order valence-electron chi connectivity index (χ1n) is 4.18. The summed E-state index contributed by atoms with van der Waals surface area (Å²) in [5.41, 5.74) is 2.85. The van der Waals surface area contributed by atoms with Gasteiger partial charge < -0.3 is 0 Å². The van der Waals surface area contributed by atoms with Gasteiger partial charge in [0.1, 0.15) is 0 Å². The average molecular weight is 379 g/mol. The van der Waals surface area contributed by atoms with Crippen molar-refractivity contribution in [3.8, 4) is 0 Å². The zero-order valence-electron chi connectivity index (χ0n) is 8.11. The lowest BCUT2D eigenvalue weighted by Crippen LogP contribution is -2.10. The Morgan fingerprint density at radius 2 is 1.82 bits per heavy atom. The third-order valence-corrected chi connectivity index (χ3v) is 3.24. The second-order valence-electron chi connectivity index (χ2n) is 2.82. The van der Waals surface area contributed by atoms with E-state index in [1.54, 1.807) is 0 Å². The maximum absolute atomic E-state index is 11.1. The summed E-state index contributed by atoms with van der Waals surface area (Å²) in [5, 5.41) is 4.49. The second kappa shape index (κ2) is 6.81. The van der Waals surface area contributed by atoms with Gasteiger partial charge in [0, 0.05) is 5.02 Å². The second-order valence-corrected chi connectivity index (χ2v) is 4.99. The number of alkyl halides is 1. The van der Waals surface area contributed by atoms with E-state index in [4.69, 9.17) is 46.4 Å². The summed E-state index contributed by atoms with van der Waals surface area (Å²) in [4.78, 5) is 11.1. The van der Waals surface area contributed by atoms with Crippen LogP contribution in [0.5, 0.6) is 0 Å². The van der Waals surface area contributed by atoms with E-state index in [-0.39, 0.29) is 26.3 Å². The highest BCUT2D eigenvalue weighted by Crippen LogP contribution is 2.33. The lowest BCUT2D eigenvalue weighted by molar-refractivity contribution is -0.110. The molecule has 0 aliphatic heterocycles. The molecule has 0 radical (unpaired) electrons. The standard InChI is InChI=1S/C9H5BrCl4N2O/c10-3-7(17)9(14)16-15-8-5(12)1-4(11)2-6(8)13/h1-2,15H,3H2. The number of hydrazone groups is 1. The topological polar surface area (TPSA) is 41.5 Å². The van der Waals surface area contributed by atoms with E-state index < -0.39 is 0 Å². The summed E-state index contributed by atoms with van der Waals surface area (Å²) >= 11 is 26.1. The summed E-state index contributed by atoms with van der Waals surface area (Å²) in [7, 11) is 0. The van der Waals surface area contributed by atoms with Gasteiger partial charge in [0.05, 0.1) is 21.1 Å². The smallest absolute Gasteiger partial charge is 0.205 e. The van der Waals surface area contributed by atoms with Crippen molar-refractivity contribution >= 4 is 79.0 Å². The number of nitrogens with zero attached hydrogens (tertiary/aromatic N) is 1. The van der Waals surface area contributed by atoms with Gasteiger partial charge >= 0.3 is 0 Å². The van der Waals surface area contributed by atoms with E-state index in [0.717, 1.165) is 0 Å². The number of anilines is 1. The van der Waals surface area contributed by atoms with Crippen LogP contribution in [0, 0.1) is 0 Å². The molecule has 1 aromatic rings. The summed E-state index contributed by atoms with van der Waals surface area (Å²) in [6, 6.07) is 2.99. The van der Waals surface area contributed by atoms with Crippen LogP contribution < -0.4 is 5.43 Å². The van der Waals surface area contributed by atoms with E-state index in [0.29, 0.717) is 10.7 Å². The Kier molecular flexibility index (Phi) is 6.03. The quantitative estimate of drug-likeness (QED) is 0.473. The molecule has 0 heterocycles.